The lowest BCUT2D eigenvalue weighted by Gasteiger charge is -2.37. The molecule has 2 atom stereocenters. The zero-order valence-electron chi connectivity index (χ0n) is 28.6. The fourth-order valence-electron chi connectivity index (χ4n) is 7.15. The molecule has 3 aliphatic rings. The monoisotopic (exact) mass is 767 g/mol. The van der Waals surface area contributed by atoms with E-state index in [0.717, 1.165) is 24.2 Å². The van der Waals surface area contributed by atoms with Crippen LogP contribution in [-0.4, -0.2) is 98.2 Å². The molecule has 0 spiro atoms. The molecule has 52 heavy (non-hydrogen) atoms. The molecule has 5 rings (SSSR count). The second kappa shape index (κ2) is 15.1. The third kappa shape index (κ3) is 8.39. The van der Waals surface area contributed by atoms with Crippen LogP contribution in [0.25, 0.3) is 0 Å². The third-order valence-corrected chi connectivity index (χ3v) is 12.0. The van der Waals surface area contributed by atoms with Crippen molar-refractivity contribution in [3.63, 3.8) is 0 Å². The van der Waals surface area contributed by atoms with Gasteiger partial charge in [-0.05, 0) is 51.2 Å². The number of ketones is 1. The highest BCUT2D eigenvalue weighted by molar-refractivity contribution is 7.91. The number of rotatable bonds is 10. The average Bonchev–Trinajstić information content (AvgIpc) is 3.75. The Morgan fingerprint density at radius 1 is 1.10 bits per heavy atom. The molecule has 3 heterocycles. The number of hydrogen-bond donors (Lipinski definition) is 3. The molecule has 3 fully saturated rings. The maximum absolute atomic E-state index is 14.8. The molecule has 282 valence electrons. The van der Waals surface area contributed by atoms with Gasteiger partial charge in [0.05, 0.1) is 40.0 Å². The number of likely N-dealkylation sites (tertiary alicyclic amines) is 1. The Morgan fingerprint density at radius 2 is 1.75 bits per heavy atom. The van der Waals surface area contributed by atoms with E-state index in [2.05, 4.69) is 20.6 Å². The van der Waals surface area contributed by atoms with Gasteiger partial charge in [0.15, 0.2) is 9.84 Å². The van der Waals surface area contributed by atoms with Crippen LogP contribution in [0.2, 0.25) is 5.02 Å². The van der Waals surface area contributed by atoms with E-state index >= 15 is 0 Å². The number of nitrogens with zero attached hydrogens (tertiary/aromatic N) is 5. The zero-order valence-corrected chi connectivity index (χ0v) is 30.2. The summed E-state index contributed by atoms with van der Waals surface area (Å²) >= 11 is 5.67. The second-order valence-corrected chi connectivity index (χ2v) is 16.9. The Balaban J connectivity index is 1.56. The fourth-order valence-corrected chi connectivity index (χ4v) is 8.82. The molecule has 0 radical (unpaired) electrons. The Labute approximate surface area is 303 Å². The van der Waals surface area contributed by atoms with Gasteiger partial charge in [0, 0.05) is 13.0 Å². The Hall–Kier alpha value is -4.16. The number of amides is 4. The molecular weight excluding hydrogens is 728 g/mol. The number of aliphatic hydroxyl groups is 1. The normalized spacial score (nSPS) is 22.2. The van der Waals surface area contributed by atoms with Gasteiger partial charge in [-0.1, -0.05) is 48.9 Å². The number of aliphatic imine (C=N–C) groups is 1. The molecule has 15 nitrogen and oxygen atoms in total. The smallest absolute Gasteiger partial charge is 0.287 e. The van der Waals surface area contributed by atoms with Gasteiger partial charge in [-0.2, -0.15) is 0 Å². The summed E-state index contributed by atoms with van der Waals surface area (Å²) < 4.78 is 55.0. The highest BCUT2D eigenvalue weighted by atomic mass is 35.5. The quantitative estimate of drug-likeness (QED) is 0.181. The minimum atomic E-state index is -3.58. The van der Waals surface area contributed by atoms with Crippen molar-refractivity contribution in [1.82, 2.24) is 25.2 Å². The summed E-state index contributed by atoms with van der Waals surface area (Å²) in [5.74, 6) is -9.02. The number of hydrogen-bond acceptors (Lipinski definition) is 10. The van der Waals surface area contributed by atoms with Crippen molar-refractivity contribution in [3.8, 4) is 0 Å². The van der Waals surface area contributed by atoms with Gasteiger partial charge >= 0.3 is 0 Å². The first-order valence-corrected chi connectivity index (χ1v) is 19.1. The van der Waals surface area contributed by atoms with Gasteiger partial charge in [-0.3, -0.25) is 24.0 Å². The minimum Gasteiger partial charge on any atom is -0.384 e. The molecule has 1 aliphatic carbocycles. The molecule has 0 unspecified atom stereocenters. The van der Waals surface area contributed by atoms with Gasteiger partial charge in [0.2, 0.25) is 11.7 Å². The maximum atomic E-state index is 14.8. The van der Waals surface area contributed by atoms with E-state index < -0.39 is 109 Å². The molecular formula is C33H40ClF2N7O8S. The number of Topliss-reactive ketones (excluding diaryl/α,β-unsaturated/α-hetero) is 1. The molecule has 1 aromatic carbocycles. The molecule has 1 saturated carbocycles. The number of halogens is 3. The van der Waals surface area contributed by atoms with Crippen LogP contribution in [0.15, 0.2) is 23.3 Å². The summed E-state index contributed by atoms with van der Waals surface area (Å²) in [5, 5.41) is 20.8. The van der Waals surface area contributed by atoms with Crippen LogP contribution in [0.1, 0.15) is 93.7 Å². The van der Waals surface area contributed by atoms with Gasteiger partial charge in [0.25, 0.3) is 17.7 Å². The number of benzene rings is 1. The van der Waals surface area contributed by atoms with Gasteiger partial charge < -0.3 is 21.1 Å². The molecule has 2 aliphatic heterocycles. The summed E-state index contributed by atoms with van der Waals surface area (Å²) in [6.07, 6.45) is 4.32. The maximum Gasteiger partial charge on any atom is 0.287 e. The second-order valence-electron chi connectivity index (χ2n) is 14.2. The van der Waals surface area contributed by atoms with Crippen molar-refractivity contribution in [2.24, 2.45) is 16.6 Å². The highest BCUT2D eigenvalue weighted by Crippen LogP contribution is 2.34. The predicted octanol–water partition coefficient (Wildman–Crippen LogP) is 1.95. The zero-order chi connectivity index (χ0) is 38.2. The molecule has 0 bridgehead atoms. The first kappa shape index (κ1) is 39.1. The average molecular weight is 768 g/mol. The van der Waals surface area contributed by atoms with Crippen molar-refractivity contribution >= 4 is 56.6 Å². The van der Waals surface area contributed by atoms with Crippen LogP contribution in [0.5, 0.6) is 0 Å². The molecule has 19 heteroatoms. The van der Waals surface area contributed by atoms with Gasteiger partial charge in [-0.15, -0.1) is 5.10 Å². The van der Waals surface area contributed by atoms with Gasteiger partial charge in [-0.25, -0.2) is 26.9 Å². The Kier molecular flexibility index (Phi) is 11.3. The summed E-state index contributed by atoms with van der Waals surface area (Å²) in [4.78, 5) is 72.5. The van der Waals surface area contributed by atoms with Crippen molar-refractivity contribution in [2.75, 3.05) is 18.1 Å². The van der Waals surface area contributed by atoms with Gasteiger partial charge in [0.1, 0.15) is 34.5 Å². The third-order valence-electron chi connectivity index (χ3n) is 10.0. The lowest BCUT2D eigenvalue weighted by Crippen LogP contribution is -2.64. The molecule has 1 aromatic heterocycles. The first-order chi connectivity index (χ1) is 24.3. The number of nitrogens with one attached hydrogen (secondary N) is 1. The van der Waals surface area contributed by atoms with E-state index in [-0.39, 0.29) is 36.7 Å². The number of nitrogens with two attached hydrogens (primary N) is 1. The number of aromatic nitrogens is 3. The number of primary amides is 1. The van der Waals surface area contributed by atoms with Crippen LogP contribution in [0, 0.1) is 17.6 Å². The Bertz CT molecular complexity index is 1910. The standard InChI is InChI=1S/C33H40ClF2N7O8S/c1-32(2,49)26-16-38-41-43(26)19-13-25(30(47)40-33(27(44)28(37)45)8-10-52(50,51)11-9-33)42(17-19)31(48)24(12-18-6-4-3-5-7-18)39-29(46)20-14-23(36)21(34)15-22(20)35/h14-16,18-19,25,49H,3-13,17H2,1-2H3,(H2,37,45)(H,40,47)/t19-,25-/m0/s1. The van der Waals surface area contributed by atoms with Crippen molar-refractivity contribution in [2.45, 2.75) is 94.9 Å². The topological polar surface area (TPSA) is 224 Å². The van der Waals surface area contributed by atoms with Crippen LogP contribution in [0.4, 0.5) is 8.78 Å². The predicted molar refractivity (Wildman–Crippen MR) is 182 cm³/mol. The van der Waals surface area contributed by atoms with Crippen LogP contribution >= 0.6 is 11.6 Å². The van der Waals surface area contributed by atoms with Crippen LogP contribution in [-0.2, 0) is 34.6 Å². The lowest BCUT2D eigenvalue weighted by atomic mass is 9.85. The van der Waals surface area contributed by atoms with Crippen molar-refractivity contribution in [1.29, 1.82) is 0 Å². The van der Waals surface area contributed by atoms with Crippen molar-refractivity contribution < 1.29 is 46.3 Å². The van der Waals surface area contributed by atoms with E-state index in [0.29, 0.717) is 25.0 Å². The summed E-state index contributed by atoms with van der Waals surface area (Å²) in [6.45, 7) is 2.73. The first-order valence-electron chi connectivity index (χ1n) is 16.9. The van der Waals surface area contributed by atoms with Crippen LogP contribution in [0.3, 0.4) is 0 Å². The van der Waals surface area contributed by atoms with Crippen molar-refractivity contribution in [3.05, 3.63) is 46.2 Å². The fraction of sp³-hybridized carbons (Fsp3) is 0.576. The molecule has 4 N–H and O–H groups in total. The SMILES string of the molecule is CC(C)(O)c1cnnn1[C@H]1C[C@@H](C(=O)NC2(C(=O)C(N)=O)CCS(=O)(=O)CC2)N(C(=O)C(CC2CCCCC2)=NC(=O)c2cc(F)c(Cl)cc2F)C1. The highest BCUT2D eigenvalue weighted by Gasteiger charge is 2.50. The summed E-state index contributed by atoms with van der Waals surface area (Å²) in [5.41, 5.74) is 1.05. The molecule has 2 saturated heterocycles. The number of carbonyl (C=O) groups excluding carboxylic acids is 5. The number of carbonyl (C=O) groups is 5. The van der Waals surface area contributed by atoms with E-state index in [9.17, 15) is 46.3 Å². The summed E-state index contributed by atoms with van der Waals surface area (Å²) in [7, 11) is -3.58. The number of sulfone groups is 1. The van der Waals surface area contributed by atoms with E-state index in [1.807, 2.05) is 0 Å². The largest absolute Gasteiger partial charge is 0.384 e. The summed E-state index contributed by atoms with van der Waals surface area (Å²) in [6, 6.07) is -1.01. The molecule has 2 aromatic rings. The lowest BCUT2D eigenvalue weighted by molar-refractivity contribution is -0.143. The van der Waals surface area contributed by atoms with E-state index in [4.69, 9.17) is 17.3 Å². The Morgan fingerprint density at radius 3 is 2.37 bits per heavy atom. The van der Waals surface area contributed by atoms with Crippen LogP contribution < -0.4 is 11.1 Å². The van der Waals surface area contributed by atoms with E-state index in [1.54, 1.807) is 0 Å². The molecule has 4 amide bonds. The van der Waals surface area contributed by atoms with E-state index in [1.165, 1.54) is 24.7 Å². The minimum absolute atomic E-state index is 0.0298.